The number of hydrogen-bond donors (Lipinski definition) is 3. The van der Waals surface area contributed by atoms with E-state index in [1.54, 1.807) is 12.1 Å². The van der Waals surface area contributed by atoms with Crippen LogP contribution in [0.2, 0.25) is 0 Å². The molecule has 2 aromatic carbocycles. The van der Waals surface area contributed by atoms with Crippen LogP contribution in [0.4, 0.5) is 10.3 Å². The molecule has 0 aliphatic heterocycles. The summed E-state index contributed by atoms with van der Waals surface area (Å²) in [5.41, 5.74) is 14.2. The van der Waals surface area contributed by atoms with Crippen LogP contribution in [0.25, 0.3) is 11.1 Å². The molecule has 0 bridgehead atoms. The lowest BCUT2D eigenvalue weighted by atomic mass is 10.0. The highest BCUT2D eigenvalue weighted by Gasteiger charge is 2.08. The number of benzene rings is 2. The number of guanidine groups is 1. The van der Waals surface area contributed by atoms with Gasteiger partial charge in [-0.2, -0.15) is 0 Å². The van der Waals surface area contributed by atoms with Gasteiger partial charge in [0.15, 0.2) is 5.96 Å². The molecule has 3 rings (SSSR count). The molecule has 0 fully saturated rings. The maximum atomic E-state index is 14.4. The minimum absolute atomic E-state index is 0.224. The van der Waals surface area contributed by atoms with E-state index in [9.17, 15) is 4.39 Å². The number of hydrogen-bond acceptors (Lipinski definition) is 4. The molecule has 0 saturated heterocycles. The van der Waals surface area contributed by atoms with Crippen LogP contribution in [0.3, 0.4) is 0 Å². The number of halogens is 1. The van der Waals surface area contributed by atoms with Gasteiger partial charge in [-0.05, 0) is 30.0 Å². The van der Waals surface area contributed by atoms with Gasteiger partial charge in [-0.25, -0.2) is 4.39 Å². The maximum absolute atomic E-state index is 14.4. The van der Waals surface area contributed by atoms with Crippen molar-refractivity contribution in [3.05, 3.63) is 71.7 Å². The highest BCUT2D eigenvalue weighted by molar-refractivity contribution is 5.90. The average molecular weight is 367 g/mol. The van der Waals surface area contributed by atoms with E-state index in [1.807, 2.05) is 42.5 Å². The summed E-state index contributed by atoms with van der Waals surface area (Å²) < 4.78 is 19.6. The van der Waals surface area contributed by atoms with E-state index in [-0.39, 0.29) is 11.8 Å². The van der Waals surface area contributed by atoms with Gasteiger partial charge in [0, 0.05) is 18.2 Å². The summed E-state index contributed by atoms with van der Waals surface area (Å²) in [7, 11) is 0. The molecule has 0 amide bonds. The zero-order valence-corrected chi connectivity index (χ0v) is 14.9. The summed E-state index contributed by atoms with van der Waals surface area (Å²) in [6, 6.07) is 16.5. The van der Waals surface area contributed by atoms with Crippen molar-refractivity contribution in [1.29, 1.82) is 0 Å². The highest BCUT2D eigenvalue weighted by Crippen LogP contribution is 2.24. The second-order valence-corrected chi connectivity index (χ2v) is 6.04. The molecule has 0 aliphatic carbocycles. The van der Waals surface area contributed by atoms with Crippen LogP contribution >= 0.6 is 0 Å². The standard InChI is InChI=1S/C20H22FN5O/c21-18-12-14(7-9-17(18)15-4-2-1-3-5-15)6-8-16-13-19(27-26-16)25-20(23)24-11-10-22/h1-5,7,9,12-13H,6,8,10-11,22H2,(H3,23,24,25). The van der Waals surface area contributed by atoms with Gasteiger partial charge in [-0.15, -0.1) is 0 Å². The van der Waals surface area contributed by atoms with Crippen molar-refractivity contribution in [2.75, 3.05) is 18.4 Å². The van der Waals surface area contributed by atoms with Crippen LogP contribution < -0.4 is 16.8 Å². The Kier molecular flexibility index (Phi) is 6.17. The summed E-state index contributed by atoms with van der Waals surface area (Å²) >= 11 is 0. The largest absolute Gasteiger partial charge is 0.370 e. The number of rotatable bonds is 7. The fourth-order valence-electron chi connectivity index (χ4n) is 2.68. The first-order valence-corrected chi connectivity index (χ1v) is 8.72. The first-order chi connectivity index (χ1) is 13.2. The van der Waals surface area contributed by atoms with Crippen molar-refractivity contribution in [1.82, 2.24) is 5.16 Å². The van der Waals surface area contributed by atoms with Crippen LogP contribution in [-0.4, -0.2) is 24.2 Å². The lowest BCUT2D eigenvalue weighted by Gasteiger charge is -2.06. The molecule has 27 heavy (non-hydrogen) atoms. The molecule has 1 heterocycles. The smallest absolute Gasteiger partial charge is 0.231 e. The molecular weight excluding hydrogens is 345 g/mol. The van der Waals surface area contributed by atoms with Gasteiger partial charge in [-0.1, -0.05) is 47.6 Å². The SMILES string of the molecule is NCCN=C(N)Nc1cc(CCc2ccc(-c3ccccc3)c(F)c2)no1. The fourth-order valence-corrected chi connectivity index (χ4v) is 2.68. The molecule has 0 atom stereocenters. The number of nitrogens with one attached hydrogen (secondary N) is 1. The first kappa shape index (κ1) is 18.6. The molecule has 3 aromatic rings. The summed E-state index contributed by atoms with van der Waals surface area (Å²) in [5, 5.41) is 6.80. The van der Waals surface area contributed by atoms with Crippen molar-refractivity contribution in [2.24, 2.45) is 16.5 Å². The molecule has 6 nitrogen and oxygen atoms in total. The van der Waals surface area contributed by atoms with Crippen molar-refractivity contribution < 1.29 is 8.91 Å². The van der Waals surface area contributed by atoms with E-state index in [0.717, 1.165) is 16.8 Å². The Morgan fingerprint density at radius 2 is 1.93 bits per heavy atom. The zero-order chi connectivity index (χ0) is 19.1. The molecule has 0 saturated carbocycles. The third-order valence-corrected chi connectivity index (χ3v) is 4.01. The summed E-state index contributed by atoms with van der Waals surface area (Å²) in [6.45, 7) is 0.855. The fraction of sp³-hybridized carbons (Fsp3) is 0.200. The Morgan fingerprint density at radius 3 is 2.67 bits per heavy atom. The van der Waals surface area contributed by atoms with E-state index < -0.39 is 0 Å². The van der Waals surface area contributed by atoms with Gasteiger partial charge in [0.2, 0.25) is 5.88 Å². The lowest BCUT2D eigenvalue weighted by molar-refractivity contribution is 0.426. The molecule has 0 aliphatic rings. The third-order valence-electron chi connectivity index (χ3n) is 4.01. The monoisotopic (exact) mass is 367 g/mol. The molecule has 140 valence electrons. The second kappa shape index (κ2) is 8.95. The lowest BCUT2D eigenvalue weighted by Crippen LogP contribution is -2.23. The van der Waals surface area contributed by atoms with Crippen molar-refractivity contribution in [3.8, 4) is 11.1 Å². The van der Waals surface area contributed by atoms with Crippen LogP contribution in [0.5, 0.6) is 0 Å². The predicted molar refractivity (Wildman–Crippen MR) is 105 cm³/mol. The molecule has 7 heteroatoms. The normalized spacial score (nSPS) is 11.6. The predicted octanol–water partition coefficient (Wildman–Crippen LogP) is 2.95. The number of nitrogens with zero attached hydrogens (tertiary/aromatic N) is 2. The summed E-state index contributed by atoms with van der Waals surface area (Å²) in [6.07, 6.45) is 1.27. The Morgan fingerprint density at radius 1 is 1.11 bits per heavy atom. The van der Waals surface area contributed by atoms with Crippen molar-refractivity contribution in [2.45, 2.75) is 12.8 Å². The minimum atomic E-state index is -0.231. The van der Waals surface area contributed by atoms with Crippen LogP contribution in [-0.2, 0) is 12.8 Å². The zero-order valence-electron chi connectivity index (χ0n) is 14.9. The van der Waals surface area contributed by atoms with Crippen LogP contribution in [0.1, 0.15) is 11.3 Å². The third kappa shape index (κ3) is 5.15. The summed E-state index contributed by atoms with van der Waals surface area (Å²) in [5.74, 6) is 0.403. The minimum Gasteiger partial charge on any atom is -0.370 e. The van der Waals surface area contributed by atoms with Crippen LogP contribution in [0, 0.1) is 5.82 Å². The summed E-state index contributed by atoms with van der Waals surface area (Å²) in [4.78, 5) is 4.01. The Hall–Kier alpha value is -3.19. The molecule has 5 N–H and O–H groups in total. The Bertz CT molecular complexity index is 908. The average Bonchev–Trinajstić information content (AvgIpc) is 3.13. The van der Waals surface area contributed by atoms with Crippen molar-refractivity contribution in [3.63, 3.8) is 0 Å². The molecule has 0 spiro atoms. The maximum Gasteiger partial charge on any atom is 0.231 e. The van der Waals surface area contributed by atoms with E-state index >= 15 is 0 Å². The molecule has 1 aromatic heterocycles. The van der Waals surface area contributed by atoms with Crippen molar-refractivity contribution >= 4 is 11.8 Å². The van der Waals surface area contributed by atoms with Gasteiger partial charge in [0.1, 0.15) is 5.82 Å². The van der Waals surface area contributed by atoms with Gasteiger partial charge in [-0.3, -0.25) is 10.3 Å². The van der Waals surface area contributed by atoms with E-state index in [1.165, 1.54) is 0 Å². The molecular formula is C20H22FN5O. The second-order valence-electron chi connectivity index (χ2n) is 6.04. The highest BCUT2D eigenvalue weighted by atomic mass is 19.1. The van der Waals surface area contributed by atoms with Crippen LogP contribution in [0.15, 0.2) is 64.1 Å². The van der Waals surface area contributed by atoms with Gasteiger partial charge >= 0.3 is 0 Å². The van der Waals surface area contributed by atoms with Gasteiger partial charge in [0.05, 0.1) is 12.2 Å². The number of nitrogens with two attached hydrogens (primary N) is 2. The van der Waals surface area contributed by atoms with E-state index in [4.69, 9.17) is 16.0 Å². The topological polar surface area (TPSA) is 102 Å². The van der Waals surface area contributed by atoms with E-state index in [2.05, 4.69) is 15.5 Å². The Balaban J connectivity index is 1.60. The number of anilines is 1. The molecule has 0 unspecified atom stereocenters. The quantitative estimate of drug-likeness (QED) is 0.440. The molecule has 0 radical (unpaired) electrons. The Labute approximate surface area is 157 Å². The van der Waals surface area contributed by atoms with Gasteiger partial charge in [0.25, 0.3) is 0 Å². The van der Waals surface area contributed by atoms with E-state index in [0.29, 0.717) is 37.4 Å². The number of aryl methyl sites for hydroxylation is 2. The number of aromatic nitrogens is 1. The number of aliphatic imine (C=N–C) groups is 1. The first-order valence-electron chi connectivity index (χ1n) is 8.72. The van der Waals surface area contributed by atoms with Gasteiger partial charge < -0.3 is 16.0 Å².